The van der Waals surface area contributed by atoms with Crippen LogP contribution in [0.4, 0.5) is 0 Å². The molecule has 0 aliphatic rings. The normalized spacial score (nSPS) is 10.5. The van der Waals surface area contributed by atoms with Crippen molar-refractivity contribution in [1.29, 1.82) is 0 Å². The van der Waals surface area contributed by atoms with E-state index in [1.54, 1.807) is 24.3 Å². The van der Waals surface area contributed by atoms with E-state index in [1.165, 1.54) is 4.68 Å². The number of benzene rings is 1. The lowest BCUT2D eigenvalue weighted by Gasteiger charge is -2.06. The molecule has 0 fully saturated rings. The third-order valence-electron chi connectivity index (χ3n) is 3.05. The molecule has 2 aromatic rings. The summed E-state index contributed by atoms with van der Waals surface area (Å²) in [6, 6.07) is 6.91. The summed E-state index contributed by atoms with van der Waals surface area (Å²) in [5.41, 5.74) is 0.284. The first-order valence-electron chi connectivity index (χ1n) is 6.87. The van der Waals surface area contributed by atoms with Gasteiger partial charge in [-0.25, -0.2) is 4.68 Å². The number of hydrogen-bond acceptors (Lipinski definition) is 6. The Morgan fingerprint density at radius 1 is 1.23 bits per heavy atom. The molecule has 0 aliphatic heterocycles. The van der Waals surface area contributed by atoms with Crippen molar-refractivity contribution in [3.05, 3.63) is 34.6 Å². The topological polar surface area (TPSA) is 117 Å². The smallest absolute Gasteiger partial charge is 0.277 e. The number of carbonyl (C=O) groups excluding carboxylic acids is 2. The molecule has 1 N–H and O–H groups in total. The lowest BCUT2D eigenvalue weighted by molar-refractivity contribution is -0.305. The zero-order chi connectivity index (χ0) is 15.9. The van der Waals surface area contributed by atoms with Crippen molar-refractivity contribution in [3.8, 4) is 0 Å². The number of hydrogen-bond donors (Lipinski definition) is 1. The molecule has 0 saturated carbocycles. The fraction of sp³-hybridized carbons (Fsp3) is 0.357. The molecular formula is C14H15N4O4-. The van der Waals surface area contributed by atoms with Crippen molar-refractivity contribution in [2.75, 3.05) is 6.54 Å². The molecule has 0 bridgehead atoms. The predicted octanol–water partition coefficient (Wildman–Crippen LogP) is -1.17. The SMILES string of the molecule is O=C([O-])CCNC(=O)CCCn1nnc2ccccc2c1=O. The molecule has 22 heavy (non-hydrogen) atoms. The van der Waals surface area contributed by atoms with Crippen LogP contribution in [0.1, 0.15) is 19.3 Å². The highest BCUT2D eigenvalue weighted by Crippen LogP contribution is 2.03. The second-order valence-electron chi connectivity index (χ2n) is 4.71. The van der Waals surface area contributed by atoms with Crippen LogP contribution in [0.5, 0.6) is 0 Å². The second-order valence-corrected chi connectivity index (χ2v) is 4.71. The van der Waals surface area contributed by atoms with Crippen LogP contribution in [0.15, 0.2) is 29.1 Å². The highest BCUT2D eigenvalue weighted by molar-refractivity contribution is 5.77. The molecular weight excluding hydrogens is 288 g/mol. The van der Waals surface area contributed by atoms with E-state index in [-0.39, 0.29) is 37.4 Å². The minimum Gasteiger partial charge on any atom is -0.550 e. The Hall–Kier alpha value is -2.77. The number of carboxylic acids is 1. The molecule has 1 heterocycles. The number of amides is 1. The van der Waals surface area contributed by atoms with Gasteiger partial charge in [0.15, 0.2) is 0 Å². The Morgan fingerprint density at radius 2 is 2.00 bits per heavy atom. The van der Waals surface area contributed by atoms with E-state index in [0.29, 0.717) is 17.3 Å². The molecule has 116 valence electrons. The summed E-state index contributed by atoms with van der Waals surface area (Å²) in [6.07, 6.45) is 0.361. The number of nitrogens with one attached hydrogen (secondary N) is 1. The molecule has 1 amide bonds. The van der Waals surface area contributed by atoms with Gasteiger partial charge in [0.05, 0.1) is 5.39 Å². The van der Waals surface area contributed by atoms with Crippen molar-refractivity contribution in [2.24, 2.45) is 0 Å². The van der Waals surface area contributed by atoms with Gasteiger partial charge in [0.25, 0.3) is 5.56 Å². The van der Waals surface area contributed by atoms with Gasteiger partial charge >= 0.3 is 0 Å². The van der Waals surface area contributed by atoms with Crippen LogP contribution in [0.3, 0.4) is 0 Å². The van der Waals surface area contributed by atoms with Gasteiger partial charge in [-0.2, -0.15) is 0 Å². The van der Waals surface area contributed by atoms with E-state index in [9.17, 15) is 19.5 Å². The van der Waals surface area contributed by atoms with E-state index in [0.717, 1.165) is 0 Å². The van der Waals surface area contributed by atoms with E-state index < -0.39 is 5.97 Å². The minimum atomic E-state index is -1.21. The molecule has 1 aromatic carbocycles. The summed E-state index contributed by atoms with van der Waals surface area (Å²) in [4.78, 5) is 33.8. The first-order chi connectivity index (χ1) is 10.6. The van der Waals surface area contributed by atoms with Crippen LogP contribution in [-0.4, -0.2) is 33.4 Å². The number of rotatable bonds is 7. The standard InChI is InChI=1S/C14H16N4O4/c19-12(15-8-7-13(20)21)6-3-9-18-14(22)10-4-1-2-5-11(10)16-17-18/h1-2,4-5H,3,6-9H2,(H,15,19)(H,20,21)/p-1. The lowest BCUT2D eigenvalue weighted by atomic mass is 10.2. The molecule has 0 atom stereocenters. The van der Waals surface area contributed by atoms with Gasteiger partial charge in [0.1, 0.15) is 5.52 Å². The zero-order valence-electron chi connectivity index (χ0n) is 11.8. The molecule has 0 spiro atoms. The predicted molar refractivity (Wildman–Crippen MR) is 75.7 cm³/mol. The number of fused-ring (bicyclic) bond motifs is 1. The summed E-state index contributed by atoms with van der Waals surface area (Å²) in [6.45, 7) is 0.307. The Bertz CT molecular complexity index is 741. The number of carbonyl (C=O) groups is 2. The molecule has 0 radical (unpaired) electrons. The molecule has 0 saturated heterocycles. The van der Waals surface area contributed by atoms with E-state index in [2.05, 4.69) is 15.6 Å². The Kier molecular flexibility index (Phi) is 5.18. The van der Waals surface area contributed by atoms with Crippen LogP contribution < -0.4 is 16.0 Å². The molecule has 1 aromatic heterocycles. The zero-order valence-corrected chi connectivity index (χ0v) is 11.8. The van der Waals surface area contributed by atoms with Crippen molar-refractivity contribution < 1.29 is 14.7 Å². The van der Waals surface area contributed by atoms with Crippen LogP contribution in [0.25, 0.3) is 10.9 Å². The van der Waals surface area contributed by atoms with Gasteiger partial charge in [-0.3, -0.25) is 9.59 Å². The monoisotopic (exact) mass is 303 g/mol. The average Bonchev–Trinajstić information content (AvgIpc) is 2.49. The number of nitrogens with zero attached hydrogens (tertiary/aromatic N) is 3. The van der Waals surface area contributed by atoms with Crippen LogP contribution >= 0.6 is 0 Å². The number of aromatic nitrogens is 3. The largest absolute Gasteiger partial charge is 0.550 e. The van der Waals surface area contributed by atoms with Gasteiger partial charge in [0.2, 0.25) is 5.91 Å². The van der Waals surface area contributed by atoms with Gasteiger partial charge in [-0.05, 0) is 18.6 Å². The van der Waals surface area contributed by atoms with Gasteiger partial charge in [-0.1, -0.05) is 17.3 Å². The van der Waals surface area contributed by atoms with E-state index >= 15 is 0 Å². The molecule has 0 aliphatic carbocycles. The first kappa shape index (κ1) is 15.6. The summed E-state index contributed by atoms with van der Waals surface area (Å²) < 4.78 is 1.22. The summed E-state index contributed by atoms with van der Waals surface area (Å²) in [7, 11) is 0. The van der Waals surface area contributed by atoms with Crippen LogP contribution in [0.2, 0.25) is 0 Å². The van der Waals surface area contributed by atoms with Crippen LogP contribution in [0, 0.1) is 0 Å². The highest BCUT2D eigenvalue weighted by atomic mass is 16.4. The summed E-state index contributed by atoms with van der Waals surface area (Å²) in [5, 5.41) is 20.9. The lowest BCUT2D eigenvalue weighted by Crippen LogP contribution is -2.31. The third kappa shape index (κ3) is 4.11. The molecule has 2 rings (SSSR count). The number of carboxylic acid groups (broad SMARTS) is 1. The van der Waals surface area contributed by atoms with Crippen molar-refractivity contribution >= 4 is 22.8 Å². The van der Waals surface area contributed by atoms with Crippen LogP contribution in [-0.2, 0) is 16.1 Å². The fourth-order valence-corrected chi connectivity index (χ4v) is 1.95. The maximum absolute atomic E-state index is 12.1. The van der Waals surface area contributed by atoms with Gasteiger partial charge < -0.3 is 15.2 Å². The van der Waals surface area contributed by atoms with Gasteiger partial charge in [0, 0.05) is 31.9 Å². The number of aliphatic carboxylic acids is 1. The first-order valence-corrected chi connectivity index (χ1v) is 6.87. The fourth-order valence-electron chi connectivity index (χ4n) is 1.95. The Morgan fingerprint density at radius 3 is 2.77 bits per heavy atom. The summed E-state index contributed by atoms with van der Waals surface area (Å²) in [5.74, 6) is -1.48. The van der Waals surface area contributed by atoms with Crippen molar-refractivity contribution in [1.82, 2.24) is 20.3 Å². The maximum atomic E-state index is 12.1. The van der Waals surface area contributed by atoms with E-state index in [1.807, 2.05) is 0 Å². The minimum absolute atomic E-state index is 0.0386. The third-order valence-corrected chi connectivity index (χ3v) is 3.05. The molecule has 8 heteroatoms. The quantitative estimate of drug-likeness (QED) is 0.688. The molecule has 0 unspecified atom stereocenters. The van der Waals surface area contributed by atoms with E-state index in [4.69, 9.17) is 0 Å². The average molecular weight is 303 g/mol. The highest BCUT2D eigenvalue weighted by Gasteiger charge is 2.06. The van der Waals surface area contributed by atoms with Crippen molar-refractivity contribution in [2.45, 2.75) is 25.8 Å². The van der Waals surface area contributed by atoms with Gasteiger partial charge in [-0.15, -0.1) is 5.10 Å². The number of aryl methyl sites for hydroxylation is 1. The summed E-state index contributed by atoms with van der Waals surface area (Å²) >= 11 is 0. The maximum Gasteiger partial charge on any atom is 0.277 e. The Balaban J connectivity index is 1.87. The van der Waals surface area contributed by atoms with Crippen molar-refractivity contribution in [3.63, 3.8) is 0 Å². The molecule has 8 nitrogen and oxygen atoms in total. The second kappa shape index (κ2) is 7.30. The Labute approximate surface area is 125 Å².